The van der Waals surface area contributed by atoms with Crippen molar-refractivity contribution < 1.29 is 9.47 Å². The Morgan fingerprint density at radius 3 is 2.57 bits per heavy atom. The highest BCUT2D eigenvalue weighted by atomic mass is 35.5. The van der Waals surface area contributed by atoms with Crippen molar-refractivity contribution >= 4 is 34.7 Å². The fourth-order valence-corrected chi connectivity index (χ4v) is 3.76. The highest BCUT2D eigenvalue weighted by Crippen LogP contribution is 2.38. The van der Waals surface area contributed by atoms with Crippen LogP contribution >= 0.6 is 11.6 Å². The van der Waals surface area contributed by atoms with Gasteiger partial charge < -0.3 is 9.47 Å². The summed E-state index contributed by atoms with van der Waals surface area (Å²) in [6, 6.07) is 20.5. The van der Waals surface area contributed by atoms with Crippen LogP contribution in [-0.4, -0.2) is 22.8 Å². The quantitative estimate of drug-likeness (QED) is 0.472. The van der Waals surface area contributed by atoms with Crippen LogP contribution in [0.25, 0.3) is 28.7 Å². The Bertz CT molecular complexity index is 1330. The molecule has 148 valence electrons. The third-order valence-corrected chi connectivity index (χ3v) is 5.14. The molecular formula is C24H17ClN2O3. The van der Waals surface area contributed by atoms with Crippen LogP contribution in [-0.2, 0) is 0 Å². The maximum absolute atomic E-state index is 13.2. The van der Waals surface area contributed by atoms with Crippen LogP contribution in [0.5, 0.6) is 11.5 Å². The minimum absolute atomic E-state index is 0.119. The van der Waals surface area contributed by atoms with Gasteiger partial charge in [0, 0.05) is 0 Å². The Balaban J connectivity index is 1.66. The summed E-state index contributed by atoms with van der Waals surface area (Å²) in [7, 11) is 0. The number of benzene rings is 3. The molecule has 0 fully saturated rings. The molecule has 3 aromatic carbocycles. The summed E-state index contributed by atoms with van der Waals surface area (Å²) in [5.41, 5.74) is 2.10. The number of halogens is 1. The summed E-state index contributed by atoms with van der Waals surface area (Å²) in [5, 5.41) is 1.06. The lowest BCUT2D eigenvalue weighted by Gasteiger charge is -2.19. The van der Waals surface area contributed by atoms with E-state index in [-0.39, 0.29) is 5.56 Å². The van der Waals surface area contributed by atoms with Crippen molar-refractivity contribution in [1.82, 2.24) is 9.55 Å². The van der Waals surface area contributed by atoms with Crippen molar-refractivity contribution in [2.75, 3.05) is 13.2 Å². The molecule has 0 atom stereocenters. The van der Waals surface area contributed by atoms with Crippen LogP contribution in [0.2, 0.25) is 5.02 Å². The minimum atomic E-state index is -0.119. The average molecular weight is 417 g/mol. The Morgan fingerprint density at radius 2 is 1.70 bits per heavy atom. The summed E-state index contributed by atoms with van der Waals surface area (Å²) in [6.45, 7) is 0.961. The number of ether oxygens (including phenoxy) is 2. The monoisotopic (exact) mass is 416 g/mol. The smallest absolute Gasteiger partial charge is 0.266 e. The van der Waals surface area contributed by atoms with E-state index in [1.807, 2.05) is 66.7 Å². The molecule has 5 nitrogen and oxygen atoms in total. The lowest BCUT2D eigenvalue weighted by atomic mass is 10.1. The number of hydrogen-bond donors (Lipinski definition) is 0. The molecule has 0 N–H and O–H groups in total. The number of aromatic nitrogens is 2. The largest absolute Gasteiger partial charge is 0.486 e. The second kappa shape index (κ2) is 7.69. The minimum Gasteiger partial charge on any atom is -0.486 e. The molecule has 0 bridgehead atoms. The van der Waals surface area contributed by atoms with Gasteiger partial charge in [-0.05, 0) is 48.0 Å². The van der Waals surface area contributed by atoms with Gasteiger partial charge in [0.05, 0.1) is 21.6 Å². The van der Waals surface area contributed by atoms with Gasteiger partial charge in [0.15, 0.2) is 11.5 Å². The van der Waals surface area contributed by atoms with Crippen LogP contribution in [0, 0.1) is 0 Å². The molecule has 1 aliphatic heterocycles. The molecule has 2 heterocycles. The van der Waals surface area contributed by atoms with Gasteiger partial charge in [-0.2, -0.15) is 0 Å². The molecule has 0 amide bonds. The van der Waals surface area contributed by atoms with Gasteiger partial charge in [0.1, 0.15) is 19.0 Å². The van der Waals surface area contributed by atoms with Gasteiger partial charge in [-0.1, -0.05) is 48.0 Å². The molecule has 0 spiro atoms. The summed E-state index contributed by atoms with van der Waals surface area (Å²) in [4.78, 5) is 18.0. The van der Waals surface area contributed by atoms with Gasteiger partial charge in [-0.25, -0.2) is 4.98 Å². The van der Waals surface area contributed by atoms with Crippen molar-refractivity contribution in [3.8, 4) is 17.2 Å². The van der Waals surface area contributed by atoms with Gasteiger partial charge >= 0.3 is 0 Å². The van der Waals surface area contributed by atoms with Crippen molar-refractivity contribution in [2.24, 2.45) is 0 Å². The van der Waals surface area contributed by atoms with E-state index in [9.17, 15) is 4.79 Å². The van der Waals surface area contributed by atoms with E-state index < -0.39 is 0 Å². The second-order valence-electron chi connectivity index (χ2n) is 6.82. The standard InChI is InChI=1S/C24H17ClN2O3/c25-19-14-16(15-21-23(19)30-13-12-29-21)10-11-22-26-20-9-5-4-8-18(20)24(28)27(22)17-6-2-1-3-7-17/h1-11,14-15H,12-13H2/b11-10+. The first kappa shape index (κ1) is 18.5. The average Bonchev–Trinajstić information content (AvgIpc) is 2.78. The van der Waals surface area contributed by atoms with Gasteiger partial charge in [-0.3, -0.25) is 9.36 Å². The van der Waals surface area contributed by atoms with E-state index >= 15 is 0 Å². The number of para-hydroxylation sites is 2. The summed E-state index contributed by atoms with van der Waals surface area (Å²) in [6.07, 6.45) is 3.67. The maximum atomic E-state index is 13.2. The second-order valence-corrected chi connectivity index (χ2v) is 7.23. The molecule has 0 unspecified atom stereocenters. The third-order valence-electron chi connectivity index (χ3n) is 4.86. The first-order valence-corrected chi connectivity index (χ1v) is 9.93. The Morgan fingerprint density at radius 1 is 0.933 bits per heavy atom. The van der Waals surface area contributed by atoms with Crippen LogP contribution in [0.3, 0.4) is 0 Å². The zero-order valence-electron chi connectivity index (χ0n) is 15.9. The third kappa shape index (κ3) is 3.33. The van der Waals surface area contributed by atoms with Crippen molar-refractivity contribution in [3.05, 3.63) is 93.5 Å². The van der Waals surface area contributed by atoms with Crippen LogP contribution < -0.4 is 15.0 Å². The lowest BCUT2D eigenvalue weighted by Crippen LogP contribution is -2.22. The summed E-state index contributed by atoms with van der Waals surface area (Å²) in [5.74, 6) is 1.70. The first-order chi connectivity index (χ1) is 14.7. The zero-order chi connectivity index (χ0) is 20.5. The SMILES string of the molecule is O=c1c2ccccc2nc(/C=C/c2cc(Cl)c3c(c2)OCCO3)n1-c1ccccc1. The first-order valence-electron chi connectivity index (χ1n) is 9.55. The molecule has 6 heteroatoms. The van der Waals surface area contributed by atoms with Crippen molar-refractivity contribution in [1.29, 1.82) is 0 Å². The van der Waals surface area contributed by atoms with Crippen molar-refractivity contribution in [3.63, 3.8) is 0 Å². The molecule has 1 aliphatic rings. The molecule has 4 aromatic rings. The predicted octanol–water partition coefficient (Wildman–Crippen LogP) is 4.98. The van der Waals surface area contributed by atoms with E-state index in [1.165, 1.54) is 0 Å². The molecule has 0 radical (unpaired) electrons. The zero-order valence-corrected chi connectivity index (χ0v) is 16.7. The number of fused-ring (bicyclic) bond motifs is 2. The highest BCUT2D eigenvalue weighted by molar-refractivity contribution is 6.32. The molecule has 1 aromatic heterocycles. The van der Waals surface area contributed by atoms with E-state index in [0.717, 1.165) is 11.3 Å². The fraction of sp³-hybridized carbons (Fsp3) is 0.0833. The Kier molecular flexibility index (Phi) is 4.73. The van der Waals surface area contributed by atoms with Crippen LogP contribution in [0.4, 0.5) is 0 Å². The number of rotatable bonds is 3. The van der Waals surface area contributed by atoms with Gasteiger partial charge in [0.2, 0.25) is 0 Å². The molecule has 0 saturated carbocycles. The Labute approximate surface area is 177 Å². The molecule has 0 saturated heterocycles. The number of nitrogens with zero attached hydrogens (tertiary/aromatic N) is 2. The van der Waals surface area contributed by atoms with E-state index in [4.69, 9.17) is 26.1 Å². The van der Waals surface area contributed by atoms with Crippen LogP contribution in [0.1, 0.15) is 11.4 Å². The van der Waals surface area contributed by atoms with E-state index in [1.54, 1.807) is 16.7 Å². The fourth-order valence-electron chi connectivity index (χ4n) is 3.49. The molecular weight excluding hydrogens is 400 g/mol. The number of hydrogen-bond acceptors (Lipinski definition) is 4. The van der Waals surface area contributed by atoms with Crippen molar-refractivity contribution in [2.45, 2.75) is 0 Å². The maximum Gasteiger partial charge on any atom is 0.266 e. The van der Waals surface area contributed by atoms with Gasteiger partial charge in [0.25, 0.3) is 5.56 Å². The summed E-state index contributed by atoms with van der Waals surface area (Å²) >= 11 is 6.35. The highest BCUT2D eigenvalue weighted by Gasteiger charge is 2.16. The molecule has 30 heavy (non-hydrogen) atoms. The Hall–Kier alpha value is -3.57. The lowest BCUT2D eigenvalue weighted by molar-refractivity contribution is 0.171. The van der Waals surface area contributed by atoms with Gasteiger partial charge in [-0.15, -0.1) is 0 Å². The normalized spacial score (nSPS) is 13.1. The molecule has 5 rings (SSSR count). The van der Waals surface area contributed by atoms with E-state index in [2.05, 4.69) is 0 Å². The molecule has 0 aliphatic carbocycles. The van der Waals surface area contributed by atoms with Crippen LogP contribution in [0.15, 0.2) is 71.5 Å². The predicted molar refractivity (Wildman–Crippen MR) is 119 cm³/mol. The summed E-state index contributed by atoms with van der Waals surface area (Å²) < 4.78 is 12.8. The topological polar surface area (TPSA) is 53.4 Å². The van der Waals surface area contributed by atoms with E-state index in [0.29, 0.717) is 46.5 Å².